The molecule has 2 heterocycles. The van der Waals surface area contributed by atoms with Gasteiger partial charge in [-0.1, -0.05) is 18.5 Å². The van der Waals surface area contributed by atoms with Gasteiger partial charge in [-0.2, -0.15) is 0 Å². The normalized spacial score (nSPS) is 20.6. The van der Waals surface area contributed by atoms with Crippen molar-refractivity contribution < 1.29 is 13.3 Å². The first kappa shape index (κ1) is 16.6. The molecule has 118 valence electrons. The summed E-state index contributed by atoms with van der Waals surface area (Å²) in [4.78, 5) is 12.2. The van der Waals surface area contributed by atoms with Crippen LogP contribution in [0.25, 0.3) is 0 Å². The standard InChI is InChI=1S/C11H16ClN3O4S2/c1-2-14-5-3-4-8(7-14)13-21(18,19)10-6-9(15(16)17)11(12)20-10/h6,8,13H,2-5,7H2,1H3. The average Bonchev–Trinajstić information content (AvgIpc) is 2.81. The Morgan fingerprint density at radius 1 is 1.62 bits per heavy atom. The van der Waals surface area contributed by atoms with Crippen molar-refractivity contribution in [3.63, 3.8) is 0 Å². The van der Waals surface area contributed by atoms with Gasteiger partial charge in [0.2, 0.25) is 0 Å². The highest BCUT2D eigenvalue weighted by atomic mass is 35.5. The monoisotopic (exact) mass is 353 g/mol. The molecular formula is C11H16ClN3O4S2. The SMILES string of the molecule is CCN1CCCC(NS(=O)(=O)c2cc([N+](=O)[O-])c(Cl)s2)C1. The zero-order valence-corrected chi connectivity index (χ0v) is 13.8. The molecule has 0 radical (unpaired) electrons. The summed E-state index contributed by atoms with van der Waals surface area (Å²) in [6, 6.07) is 0.832. The Morgan fingerprint density at radius 3 is 2.90 bits per heavy atom. The molecule has 1 N–H and O–H groups in total. The van der Waals surface area contributed by atoms with Gasteiger partial charge >= 0.3 is 0 Å². The minimum Gasteiger partial charge on any atom is -0.302 e. The fraction of sp³-hybridized carbons (Fsp3) is 0.636. The summed E-state index contributed by atoms with van der Waals surface area (Å²) in [6.07, 6.45) is 1.68. The van der Waals surface area contributed by atoms with E-state index in [2.05, 4.69) is 9.62 Å². The Labute approximate surface area is 132 Å². The van der Waals surface area contributed by atoms with Crippen LogP contribution in [-0.2, 0) is 10.0 Å². The maximum absolute atomic E-state index is 12.3. The molecule has 1 aromatic heterocycles. The molecular weight excluding hydrogens is 338 g/mol. The zero-order chi connectivity index (χ0) is 15.6. The van der Waals surface area contributed by atoms with E-state index in [-0.39, 0.29) is 20.3 Å². The highest BCUT2D eigenvalue weighted by molar-refractivity contribution is 7.91. The molecule has 1 saturated heterocycles. The summed E-state index contributed by atoms with van der Waals surface area (Å²) in [5.41, 5.74) is -0.374. The predicted molar refractivity (Wildman–Crippen MR) is 81.4 cm³/mol. The number of nitrogens with one attached hydrogen (secondary N) is 1. The smallest absolute Gasteiger partial charge is 0.300 e. The molecule has 21 heavy (non-hydrogen) atoms. The van der Waals surface area contributed by atoms with Crippen LogP contribution in [0.3, 0.4) is 0 Å². The van der Waals surface area contributed by atoms with E-state index >= 15 is 0 Å². The van der Waals surface area contributed by atoms with Crippen LogP contribution in [0.15, 0.2) is 10.3 Å². The third-order valence-electron chi connectivity index (χ3n) is 3.38. The van der Waals surface area contributed by atoms with Crippen molar-refractivity contribution in [2.24, 2.45) is 0 Å². The number of likely N-dealkylation sites (N-methyl/N-ethyl adjacent to an activating group) is 1. The van der Waals surface area contributed by atoms with E-state index in [9.17, 15) is 18.5 Å². The number of nitrogens with zero attached hydrogens (tertiary/aromatic N) is 2. The van der Waals surface area contributed by atoms with Crippen molar-refractivity contribution >= 4 is 38.6 Å². The first-order valence-corrected chi connectivity index (χ1v) is 9.19. The lowest BCUT2D eigenvalue weighted by Crippen LogP contribution is -2.47. The Kier molecular flexibility index (Phi) is 5.20. The molecule has 7 nitrogen and oxygen atoms in total. The number of rotatable bonds is 5. The lowest BCUT2D eigenvalue weighted by Gasteiger charge is -2.31. The van der Waals surface area contributed by atoms with E-state index < -0.39 is 14.9 Å². The largest absolute Gasteiger partial charge is 0.302 e. The topological polar surface area (TPSA) is 92.6 Å². The maximum atomic E-state index is 12.3. The lowest BCUT2D eigenvalue weighted by molar-refractivity contribution is -0.384. The number of sulfonamides is 1. The van der Waals surface area contributed by atoms with Gasteiger partial charge in [0, 0.05) is 18.7 Å². The minimum atomic E-state index is -3.77. The summed E-state index contributed by atoms with van der Waals surface area (Å²) >= 11 is 6.42. The molecule has 1 aromatic rings. The number of likely N-dealkylation sites (tertiary alicyclic amines) is 1. The quantitative estimate of drug-likeness (QED) is 0.646. The van der Waals surface area contributed by atoms with Gasteiger partial charge in [-0.3, -0.25) is 10.1 Å². The first-order chi connectivity index (χ1) is 9.83. The lowest BCUT2D eigenvalue weighted by atomic mass is 10.1. The van der Waals surface area contributed by atoms with Gasteiger partial charge in [-0.15, -0.1) is 11.3 Å². The molecule has 10 heteroatoms. The minimum absolute atomic E-state index is 0.118. The van der Waals surface area contributed by atoms with Gasteiger partial charge in [-0.25, -0.2) is 13.1 Å². The van der Waals surface area contributed by atoms with Crippen molar-refractivity contribution in [1.82, 2.24) is 9.62 Å². The van der Waals surface area contributed by atoms with Crippen molar-refractivity contribution in [1.29, 1.82) is 0 Å². The Hall–Kier alpha value is -0.740. The zero-order valence-electron chi connectivity index (χ0n) is 11.4. The van der Waals surface area contributed by atoms with E-state index in [0.717, 1.165) is 32.0 Å². The number of hydrogen-bond donors (Lipinski definition) is 1. The van der Waals surface area contributed by atoms with Crippen molar-refractivity contribution in [2.45, 2.75) is 30.0 Å². The van der Waals surface area contributed by atoms with Crippen LogP contribution in [0.2, 0.25) is 4.34 Å². The van der Waals surface area contributed by atoms with E-state index in [1.165, 1.54) is 0 Å². The van der Waals surface area contributed by atoms with Crippen LogP contribution < -0.4 is 4.72 Å². The third-order valence-corrected chi connectivity index (χ3v) is 6.71. The highest BCUT2D eigenvalue weighted by Crippen LogP contribution is 2.36. The van der Waals surface area contributed by atoms with Gasteiger partial charge in [0.25, 0.3) is 15.7 Å². The van der Waals surface area contributed by atoms with Crippen LogP contribution in [0.4, 0.5) is 5.69 Å². The van der Waals surface area contributed by atoms with Crippen molar-refractivity contribution in [2.75, 3.05) is 19.6 Å². The number of hydrogen-bond acceptors (Lipinski definition) is 6. The third kappa shape index (κ3) is 3.92. The number of halogens is 1. The van der Waals surface area contributed by atoms with E-state index in [4.69, 9.17) is 11.6 Å². The fourth-order valence-electron chi connectivity index (χ4n) is 2.31. The molecule has 1 aliphatic rings. The van der Waals surface area contributed by atoms with Gasteiger partial charge in [0.15, 0.2) is 4.34 Å². The van der Waals surface area contributed by atoms with Crippen LogP contribution >= 0.6 is 22.9 Å². The molecule has 0 amide bonds. The van der Waals surface area contributed by atoms with E-state index in [0.29, 0.717) is 17.9 Å². The van der Waals surface area contributed by atoms with Crippen molar-refractivity contribution in [3.05, 3.63) is 20.5 Å². The summed E-state index contributed by atoms with van der Waals surface area (Å²) in [5, 5.41) is 10.7. The van der Waals surface area contributed by atoms with Crippen molar-refractivity contribution in [3.8, 4) is 0 Å². The van der Waals surface area contributed by atoms with Crippen LogP contribution in [-0.4, -0.2) is 43.9 Å². The summed E-state index contributed by atoms with van der Waals surface area (Å²) in [7, 11) is -3.77. The number of thiophene rings is 1. The number of nitro groups is 1. The molecule has 0 spiro atoms. The predicted octanol–water partition coefficient (Wildman–Crippen LogP) is 2.07. The second kappa shape index (κ2) is 6.57. The molecule has 2 rings (SSSR count). The molecule has 1 unspecified atom stereocenters. The summed E-state index contributed by atoms with van der Waals surface area (Å²) in [5.74, 6) is 0. The molecule has 0 aliphatic carbocycles. The van der Waals surface area contributed by atoms with Gasteiger partial charge in [0.1, 0.15) is 4.21 Å². The van der Waals surface area contributed by atoms with Crippen LogP contribution in [0.1, 0.15) is 19.8 Å². The summed E-state index contributed by atoms with van der Waals surface area (Å²) in [6.45, 7) is 4.51. The molecule has 0 bridgehead atoms. The van der Waals surface area contributed by atoms with Crippen LogP contribution in [0.5, 0.6) is 0 Å². The Bertz CT molecular complexity index is 631. The highest BCUT2D eigenvalue weighted by Gasteiger charge is 2.29. The average molecular weight is 354 g/mol. The number of piperidine rings is 1. The molecule has 1 aliphatic heterocycles. The second-order valence-corrected chi connectivity index (χ2v) is 8.43. The van der Waals surface area contributed by atoms with E-state index in [1.54, 1.807) is 0 Å². The Balaban J connectivity index is 2.15. The maximum Gasteiger partial charge on any atom is 0.300 e. The fourth-order valence-corrected chi connectivity index (χ4v) is 5.25. The second-order valence-electron chi connectivity index (χ2n) is 4.84. The molecule has 1 fully saturated rings. The van der Waals surface area contributed by atoms with Gasteiger partial charge in [-0.05, 0) is 25.9 Å². The summed E-state index contributed by atoms with van der Waals surface area (Å²) < 4.78 is 26.9. The molecule has 0 saturated carbocycles. The van der Waals surface area contributed by atoms with Crippen LogP contribution in [0, 0.1) is 10.1 Å². The van der Waals surface area contributed by atoms with Gasteiger partial charge in [0.05, 0.1) is 4.92 Å². The van der Waals surface area contributed by atoms with E-state index in [1.807, 2.05) is 6.92 Å². The first-order valence-electron chi connectivity index (χ1n) is 6.52. The molecule has 1 atom stereocenters. The van der Waals surface area contributed by atoms with Gasteiger partial charge < -0.3 is 4.90 Å². The molecule has 0 aromatic carbocycles. The Morgan fingerprint density at radius 2 is 2.33 bits per heavy atom.